The van der Waals surface area contributed by atoms with Crippen LogP contribution in [-0.2, 0) is 6.54 Å². The van der Waals surface area contributed by atoms with Crippen LogP contribution in [0.25, 0.3) is 0 Å². The highest BCUT2D eigenvalue weighted by Crippen LogP contribution is 2.25. The Hall–Kier alpha value is -1.69. The van der Waals surface area contributed by atoms with Crippen LogP contribution < -0.4 is 0 Å². The van der Waals surface area contributed by atoms with Gasteiger partial charge in [-0.15, -0.1) is 11.3 Å². The van der Waals surface area contributed by atoms with Crippen LogP contribution in [-0.4, -0.2) is 38.2 Å². The molecule has 106 valence electrons. The van der Waals surface area contributed by atoms with E-state index in [1.54, 1.807) is 6.20 Å². The van der Waals surface area contributed by atoms with Gasteiger partial charge in [-0.3, -0.25) is 9.48 Å². The number of nitrogens with zero attached hydrogens (tertiary/aromatic N) is 4. The first-order chi connectivity index (χ1) is 9.65. The molecule has 0 spiro atoms. The smallest absolute Gasteiger partial charge is 0.266 e. The lowest BCUT2D eigenvalue weighted by Gasteiger charge is -2.24. The van der Waals surface area contributed by atoms with Gasteiger partial charge in [-0.1, -0.05) is 0 Å². The molecule has 1 fully saturated rings. The number of hydrogen-bond acceptors (Lipinski definition) is 4. The molecule has 1 atom stereocenters. The monoisotopic (exact) mass is 290 g/mol. The second kappa shape index (κ2) is 5.36. The number of aryl methyl sites for hydroxylation is 2. The minimum Gasteiger partial charge on any atom is -0.333 e. The Balaban J connectivity index is 1.78. The van der Waals surface area contributed by atoms with Gasteiger partial charge >= 0.3 is 0 Å². The van der Waals surface area contributed by atoms with E-state index in [1.807, 2.05) is 35.7 Å². The van der Waals surface area contributed by atoms with E-state index in [0.717, 1.165) is 41.5 Å². The number of carbonyl (C=O) groups is 1. The van der Waals surface area contributed by atoms with E-state index in [2.05, 4.69) is 10.1 Å². The Bertz CT molecular complexity index is 605. The topological polar surface area (TPSA) is 51.0 Å². The van der Waals surface area contributed by atoms with Gasteiger partial charge in [-0.25, -0.2) is 4.98 Å². The summed E-state index contributed by atoms with van der Waals surface area (Å²) < 4.78 is 1.90. The third-order valence-corrected chi connectivity index (χ3v) is 4.75. The minimum atomic E-state index is 0.128. The molecule has 0 N–H and O–H groups in total. The van der Waals surface area contributed by atoms with Gasteiger partial charge in [0.1, 0.15) is 4.88 Å². The second-order valence-corrected chi connectivity index (χ2v) is 6.37. The fourth-order valence-electron chi connectivity index (χ4n) is 2.78. The Kier molecular flexibility index (Phi) is 3.56. The highest BCUT2D eigenvalue weighted by atomic mass is 32.1. The molecule has 0 saturated carbocycles. The van der Waals surface area contributed by atoms with Crippen LogP contribution in [0.5, 0.6) is 0 Å². The maximum Gasteiger partial charge on any atom is 0.266 e. The Morgan fingerprint density at radius 3 is 3.00 bits per heavy atom. The molecule has 1 amide bonds. The summed E-state index contributed by atoms with van der Waals surface area (Å²) in [6.45, 7) is 5.46. The molecule has 6 heteroatoms. The molecular formula is C14H18N4OS. The Morgan fingerprint density at radius 1 is 1.50 bits per heavy atom. The molecule has 1 unspecified atom stereocenters. The van der Waals surface area contributed by atoms with Gasteiger partial charge in [0.25, 0.3) is 5.91 Å². The average molecular weight is 290 g/mol. The summed E-state index contributed by atoms with van der Waals surface area (Å²) in [6, 6.07) is 2.15. The molecule has 1 aliphatic rings. The van der Waals surface area contributed by atoms with Gasteiger partial charge in [-0.2, -0.15) is 5.10 Å². The van der Waals surface area contributed by atoms with Crippen molar-refractivity contribution in [2.75, 3.05) is 6.54 Å². The van der Waals surface area contributed by atoms with Gasteiger partial charge in [-0.05, 0) is 32.8 Å². The average Bonchev–Trinajstić information content (AvgIpc) is 3.11. The first-order valence-corrected chi connectivity index (χ1v) is 7.69. The molecule has 0 aromatic carbocycles. The molecule has 3 rings (SSSR count). The van der Waals surface area contributed by atoms with E-state index < -0.39 is 0 Å². The fraction of sp³-hybridized carbons (Fsp3) is 0.500. The highest BCUT2D eigenvalue weighted by Gasteiger charge is 2.31. The number of likely N-dealkylation sites (tertiary alicyclic amines) is 1. The van der Waals surface area contributed by atoms with E-state index in [4.69, 9.17) is 0 Å². The molecule has 2 aromatic rings. The van der Waals surface area contributed by atoms with Crippen molar-refractivity contribution in [3.63, 3.8) is 0 Å². The van der Waals surface area contributed by atoms with E-state index in [-0.39, 0.29) is 11.9 Å². The van der Waals surface area contributed by atoms with Crippen LogP contribution in [0.1, 0.15) is 33.2 Å². The molecular weight excluding hydrogens is 272 g/mol. The molecule has 1 aliphatic heterocycles. The van der Waals surface area contributed by atoms with Gasteiger partial charge in [0.05, 0.1) is 23.3 Å². The summed E-state index contributed by atoms with van der Waals surface area (Å²) in [5.74, 6) is 0.128. The largest absolute Gasteiger partial charge is 0.333 e. The molecule has 20 heavy (non-hydrogen) atoms. The summed E-state index contributed by atoms with van der Waals surface area (Å²) in [5, 5.41) is 5.19. The quantitative estimate of drug-likeness (QED) is 0.871. The van der Waals surface area contributed by atoms with Gasteiger partial charge < -0.3 is 4.90 Å². The molecule has 1 saturated heterocycles. The zero-order valence-corrected chi connectivity index (χ0v) is 12.6. The number of aromatic nitrogens is 3. The van der Waals surface area contributed by atoms with Crippen molar-refractivity contribution in [1.29, 1.82) is 0 Å². The van der Waals surface area contributed by atoms with Crippen LogP contribution in [0.2, 0.25) is 0 Å². The summed E-state index contributed by atoms with van der Waals surface area (Å²) in [5.41, 5.74) is 0.849. The predicted octanol–water partition coefficient (Wildman–Crippen LogP) is 2.26. The maximum atomic E-state index is 12.7. The summed E-state index contributed by atoms with van der Waals surface area (Å²) in [4.78, 5) is 19.8. The van der Waals surface area contributed by atoms with Crippen LogP contribution in [0, 0.1) is 13.8 Å². The normalized spacial score (nSPS) is 18.7. The molecule has 0 bridgehead atoms. The summed E-state index contributed by atoms with van der Waals surface area (Å²) >= 11 is 1.49. The first-order valence-electron chi connectivity index (χ1n) is 6.87. The number of thiazole rings is 1. The first kappa shape index (κ1) is 13.3. The van der Waals surface area contributed by atoms with Crippen molar-refractivity contribution in [2.24, 2.45) is 0 Å². The second-order valence-electron chi connectivity index (χ2n) is 5.17. The molecule has 0 aliphatic carbocycles. The maximum absolute atomic E-state index is 12.7. The van der Waals surface area contributed by atoms with Crippen molar-refractivity contribution in [2.45, 2.75) is 39.3 Å². The summed E-state index contributed by atoms with van der Waals surface area (Å²) in [6.07, 6.45) is 5.83. The van der Waals surface area contributed by atoms with E-state index >= 15 is 0 Å². The number of rotatable bonds is 3. The third kappa shape index (κ3) is 2.47. The minimum absolute atomic E-state index is 0.128. The molecule has 3 heterocycles. The van der Waals surface area contributed by atoms with Crippen LogP contribution in [0.3, 0.4) is 0 Å². The fourth-order valence-corrected chi connectivity index (χ4v) is 3.65. The van der Waals surface area contributed by atoms with Gasteiger partial charge in [0.15, 0.2) is 0 Å². The zero-order chi connectivity index (χ0) is 14.1. The van der Waals surface area contributed by atoms with E-state index in [0.29, 0.717) is 0 Å². The van der Waals surface area contributed by atoms with Crippen molar-refractivity contribution in [3.8, 4) is 0 Å². The van der Waals surface area contributed by atoms with E-state index in [9.17, 15) is 4.79 Å². The predicted molar refractivity (Wildman–Crippen MR) is 77.9 cm³/mol. The number of carbonyl (C=O) groups excluding carboxylic acids is 1. The lowest BCUT2D eigenvalue weighted by Crippen LogP contribution is -2.38. The lowest BCUT2D eigenvalue weighted by molar-refractivity contribution is 0.0725. The van der Waals surface area contributed by atoms with Crippen molar-refractivity contribution in [3.05, 3.63) is 34.0 Å². The van der Waals surface area contributed by atoms with Gasteiger partial charge in [0.2, 0.25) is 0 Å². The number of hydrogen-bond donors (Lipinski definition) is 0. The molecule has 0 radical (unpaired) electrons. The standard InChI is InChI=1S/C14H18N4OS/c1-10-13(20-11(2)16-10)14(19)18-8-3-5-12(18)9-17-7-4-6-15-17/h4,6-7,12H,3,5,8-9H2,1-2H3. The lowest BCUT2D eigenvalue weighted by atomic mass is 10.2. The zero-order valence-electron chi connectivity index (χ0n) is 11.7. The van der Waals surface area contributed by atoms with Crippen molar-refractivity contribution < 1.29 is 4.79 Å². The number of amides is 1. The molecule has 5 nitrogen and oxygen atoms in total. The highest BCUT2D eigenvalue weighted by molar-refractivity contribution is 7.13. The van der Waals surface area contributed by atoms with Gasteiger partial charge in [0, 0.05) is 18.9 Å². The van der Waals surface area contributed by atoms with Crippen molar-refractivity contribution >= 4 is 17.2 Å². The Labute approximate surface area is 122 Å². The SMILES string of the molecule is Cc1nc(C)c(C(=O)N2CCCC2Cn2cccn2)s1. The van der Waals surface area contributed by atoms with Crippen LogP contribution >= 0.6 is 11.3 Å². The summed E-state index contributed by atoms with van der Waals surface area (Å²) in [7, 11) is 0. The van der Waals surface area contributed by atoms with Crippen LogP contribution in [0.4, 0.5) is 0 Å². The third-order valence-electron chi connectivity index (χ3n) is 3.69. The Morgan fingerprint density at radius 2 is 2.35 bits per heavy atom. The van der Waals surface area contributed by atoms with Crippen molar-refractivity contribution in [1.82, 2.24) is 19.7 Å². The van der Waals surface area contributed by atoms with E-state index in [1.165, 1.54) is 11.3 Å². The molecule has 2 aromatic heterocycles. The van der Waals surface area contributed by atoms with Crippen LogP contribution in [0.15, 0.2) is 18.5 Å².